The van der Waals surface area contributed by atoms with Crippen molar-refractivity contribution >= 4 is 0 Å². The molecule has 0 radical (unpaired) electrons. The highest BCUT2D eigenvalue weighted by molar-refractivity contribution is 5.37. The van der Waals surface area contributed by atoms with Gasteiger partial charge in [-0.3, -0.25) is 0 Å². The van der Waals surface area contributed by atoms with Crippen molar-refractivity contribution in [1.82, 2.24) is 5.32 Å². The first-order valence-electron chi connectivity index (χ1n) is 6.99. The molecule has 21 heavy (non-hydrogen) atoms. The number of benzene rings is 2. The fourth-order valence-electron chi connectivity index (χ4n) is 2.18. The van der Waals surface area contributed by atoms with Crippen molar-refractivity contribution in [3.8, 4) is 11.5 Å². The Morgan fingerprint density at radius 3 is 2.57 bits per heavy atom. The standard InChI is InChI=1S/C17H20FNO2/c1-3-19-16(12-21-14-7-5-4-6-8-14)15-11-13(18)9-10-17(15)20-2/h4-11,16,19H,3,12H2,1-2H3. The summed E-state index contributed by atoms with van der Waals surface area (Å²) in [5.41, 5.74) is 0.760. The van der Waals surface area contributed by atoms with E-state index in [2.05, 4.69) is 5.32 Å². The molecule has 0 bridgehead atoms. The van der Waals surface area contributed by atoms with Gasteiger partial charge in [0.25, 0.3) is 0 Å². The molecule has 0 aromatic heterocycles. The number of ether oxygens (including phenoxy) is 2. The van der Waals surface area contributed by atoms with Gasteiger partial charge >= 0.3 is 0 Å². The summed E-state index contributed by atoms with van der Waals surface area (Å²) in [7, 11) is 1.58. The van der Waals surface area contributed by atoms with Gasteiger partial charge in [0.15, 0.2) is 0 Å². The first-order chi connectivity index (χ1) is 10.2. The lowest BCUT2D eigenvalue weighted by atomic mass is 10.1. The van der Waals surface area contributed by atoms with Crippen LogP contribution < -0.4 is 14.8 Å². The third kappa shape index (κ3) is 4.20. The molecule has 1 N–H and O–H groups in total. The number of para-hydroxylation sites is 1. The van der Waals surface area contributed by atoms with E-state index in [-0.39, 0.29) is 11.9 Å². The van der Waals surface area contributed by atoms with Crippen LogP contribution in [0.2, 0.25) is 0 Å². The fourth-order valence-corrected chi connectivity index (χ4v) is 2.18. The van der Waals surface area contributed by atoms with Crippen molar-refractivity contribution < 1.29 is 13.9 Å². The van der Waals surface area contributed by atoms with Gasteiger partial charge in [-0.1, -0.05) is 25.1 Å². The molecule has 0 spiro atoms. The summed E-state index contributed by atoms with van der Waals surface area (Å²) in [6.45, 7) is 3.15. The Labute approximate surface area is 124 Å². The normalized spacial score (nSPS) is 12.0. The van der Waals surface area contributed by atoms with Crippen LogP contribution in [0, 0.1) is 5.82 Å². The molecule has 0 amide bonds. The van der Waals surface area contributed by atoms with Gasteiger partial charge in [0, 0.05) is 5.56 Å². The quantitative estimate of drug-likeness (QED) is 0.845. The molecule has 2 rings (SSSR count). The molecule has 2 aromatic rings. The lowest BCUT2D eigenvalue weighted by molar-refractivity contribution is 0.263. The van der Waals surface area contributed by atoms with Gasteiger partial charge in [0.2, 0.25) is 0 Å². The average Bonchev–Trinajstić information content (AvgIpc) is 2.52. The molecule has 0 fully saturated rings. The number of methoxy groups -OCH3 is 1. The van der Waals surface area contributed by atoms with Gasteiger partial charge in [-0.05, 0) is 36.9 Å². The highest BCUT2D eigenvalue weighted by atomic mass is 19.1. The van der Waals surface area contributed by atoms with Crippen molar-refractivity contribution in [3.05, 3.63) is 59.9 Å². The van der Waals surface area contributed by atoms with Crippen LogP contribution in [0.15, 0.2) is 48.5 Å². The highest BCUT2D eigenvalue weighted by Gasteiger charge is 2.17. The zero-order chi connectivity index (χ0) is 15.1. The second-order valence-electron chi connectivity index (χ2n) is 4.62. The number of rotatable bonds is 7. The SMILES string of the molecule is CCNC(COc1ccccc1)c1cc(F)ccc1OC. The van der Waals surface area contributed by atoms with Crippen molar-refractivity contribution in [2.75, 3.05) is 20.3 Å². The molecule has 1 unspecified atom stereocenters. The first-order valence-corrected chi connectivity index (χ1v) is 6.99. The Morgan fingerprint density at radius 1 is 1.14 bits per heavy atom. The van der Waals surface area contributed by atoms with Crippen LogP contribution in [0.4, 0.5) is 4.39 Å². The van der Waals surface area contributed by atoms with Crippen molar-refractivity contribution in [1.29, 1.82) is 0 Å². The number of hydrogen-bond donors (Lipinski definition) is 1. The topological polar surface area (TPSA) is 30.5 Å². The minimum atomic E-state index is -0.284. The van der Waals surface area contributed by atoms with Crippen LogP contribution in [0.5, 0.6) is 11.5 Å². The molecule has 0 heterocycles. The Morgan fingerprint density at radius 2 is 1.90 bits per heavy atom. The number of halogens is 1. The summed E-state index contributed by atoms with van der Waals surface area (Å²) in [5.74, 6) is 1.16. The van der Waals surface area contributed by atoms with Gasteiger partial charge in [0.1, 0.15) is 23.9 Å². The molecule has 112 valence electrons. The largest absolute Gasteiger partial charge is 0.496 e. The Hall–Kier alpha value is -2.07. The van der Waals surface area contributed by atoms with E-state index in [1.54, 1.807) is 13.2 Å². The third-order valence-electron chi connectivity index (χ3n) is 3.18. The second-order valence-corrected chi connectivity index (χ2v) is 4.62. The average molecular weight is 289 g/mol. The maximum atomic E-state index is 13.5. The van der Waals surface area contributed by atoms with E-state index in [1.807, 2.05) is 37.3 Å². The van der Waals surface area contributed by atoms with Crippen molar-refractivity contribution in [3.63, 3.8) is 0 Å². The first kappa shape index (κ1) is 15.3. The minimum absolute atomic E-state index is 0.138. The molecule has 2 aromatic carbocycles. The predicted molar refractivity (Wildman–Crippen MR) is 81.3 cm³/mol. The number of nitrogens with one attached hydrogen (secondary N) is 1. The van der Waals surface area contributed by atoms with Crippen molar-refractivity contribution in [2.24, 2.45) is 0 Å². The van der Waals surface area contributed by atoms with Gasteiger partial charge < -0.3 is 14.8 Å². The Balaban J connectivity index is 2.16. The minimum Gasteiger partial charge on any atom is -0.496 e. The van der Waals surface area contributed by atoms with Crippen LogP contribution in [0.1, 0.15) is 18.5 Å². The molecule has 4 heteroatoms. The zero-order valence-corrected chi connectivity index (χ0v) is 12.3. The molecular weight excluding hydrogens is 269 g/mol. The summed E-state index contributed by atoms with van der Waals surface area (Å²) < 4.78 is 24.6. The van der Waals surface area contributed by atoms with Gasteiger partial charge in [-0.25, -0.2) is 4.39 Å². The van der Waals surface area contributed by atoms with Crippen LogP contribution in [-0.2, 0) is 0 Å². The molecule has 1 atom stereocenters. The molecular formula is C17H20FNO2. The van der Waals surface area contributed by atoms with Gasteiger partial charge in [0.05, 0.1) is 13.2 Å². The highest BCUT2D eigenvalue weighted by Crippen LogP contribution is 2.26. The predicted octanol–water partition coefficient (Wildman–Crippen LogP) is 3.56. The smallest absolute Gasteiger partial charge is 0.123 e. The van der Waals surface area contributed by atoms with Gasteiger partial charge in [-0.15, -0.1) is 0 Å². The molecule has 0 aliphatic rings. The number of likely N-dealkylation sites (N-methyl/N-ethyl adjacent to an activating group) is 1. The van der Waals surface area contributed by atoms with E-state index < -0.39 is 0 Å². The van der Waals surface area contributed by atoms with Crippen molar-refractivity contribution in [2.45, 2.75) is 13.0 Å². The van der Waals surface area contributed by atoms with E-state index in [4.69, 9.17) is 9.47 Å². The summed E-state index contributed by atoms with van der Waals surface area (Å²) in [6, 6.07) is 13.9. The van der Waals surface area contributed by atoms with E-state index in [1.165, 1.54) is 12.1 Å². The monoisotopic (exact) mass is 289 g/mol. The van der Waals surface area contributed by atoms with Crippen LogP contribution in [-0.4, -0.2) is 20.3 Å². The van der Waals surface area contributed by atoms with Crippen LogP contribution in [0.3, 0.4) is 0 Å². The Kier molecular flexibility index (Phi) is 5.58. The molecule has 0 aliphatic carbocycles. The van der Waals surface area contributed by atoms with E-state index in [0.717, 1.165) is 17.9 Å². The molecule has 0 saturated carbocycles. The summed E-state index contributed by atoms with van der Waals surface area (Å²) in [4.78, 5) is 0. The van der Waals surface area contributed by atoms with Crippen LogP contribution >= 0.6 is 0 Å². The third-order valence-corrected chi connectivity index (χ3v) is 3.18. The summed E-state index contributed by atoms with van der Waals surface area (Å²) >= 11 is 0. The van der Waals surface area contributed by atoms with Gasteiger partial charge in [-0.2, -0.15) is 0 Å². The summed E-state index contributed by atoms with van der Waals surface area (Å²) in [6.07, 6.45) is 0. The van der Waals surface area contributed by atoms with E-state index in [9.17, 15) is 4.39 Å². The summed E-state index contributed by atoms with van der Waals surface area (Å²) in [5, 5.41) is 3.30. The number of hydrogen-bond acceptors (Lipinski definition) is 3. The molecule has 0 aliphatic heterocycles. The van der Waals surface area contributed by atoms with E-state index in [0.29, 0.717) is 12.4 Å². The lowest BCUT2D eigenvalue weighted by Crippen LogP contribution is -2.27. The second kappa shape index (κ2) is 7.64. The maximum Gasteiger partial charge on any atom is 0.123 e. The molecule has 3 nitrogen and oxygen atoms in total. The fraction of sp³-hybridized carbons (Fsp3) is 0.294. The van der Waals surface area contributed by atoms with E-state index >= 15 is 0 Å². The zero-order valence-electron chi connectivity index (χ0n) is 12.3. The lowest BCUT2D eigenvalue weighted by Gasteiger charge is -2.21. The molecule has 0 saturated heterocycles. The van der Waals surface area contributed by atoms with Crippen LogP contribution in [0.25, 0.3) is 0 Å². The Bertz CT molecular complexity index is 560. The maximum absolute atomic E-state index is 13.5.